The van der Waals surface area contributed by atoms with E-state index < -0.39 is 5.97 Å². The van der Waals surface area contributed by atoms with Crippen LogP contribution in [-0.4, -0.2) is 49.0 Å². The average molecular weight is 699 g/mol. The number of aromatic carboxylic acids is 1. The third-order valence-corrected chi connectivity index (χ3v) is 10.5. The summed E-state index contributed by atoms with van der Waals surface area (Å²) in [6.45, 7) is 8.91. The van der Waals surface area contributed by atoms with Gasteiger partial charge in [0.25, 0.3) is 5.91 Å². The van der Waals surface area contributed by atoms with Crippen molar-refractivity contribution in [2.24, 2.45) is 14.1 Å². The number of anilines is 1. The molecule has 0 radical (unpaired) electrons. The van der Waals surface area contributed by atoms with Gasteiger partial charge in [-0.05, 0) is 94.1 Å². The van der Waals surface area contributed by atoms with Gasteiger partial charge in [-0.1, -0.05) is 29.3 Å². The molecule has 3 aromatic carbocycles. The van der Waals surface area contributed by atoms with Crippen molar-refractivity contribution in [3.63, 3.8) is 0 Å². The Bertz CT molecular complexity index is 2330. The van der Waals surface area contributed by atoms with Gasteiger partial charge >= 0.3 is 5.97 Å². The number of carboxylic acids is 1. The number of benzene rings is 3. The first-order chi connectivity index (χ1) is 23.4. The van der Waals surface area contributed by atoms with Crippen molar-refractivity contribution in [3.8, 4) is 16.9 Å². The van der Waals surface area contributed by atoms with E-state index in [0.717, 1.165) is 55.8 Å². The fourth-order valence-corrected chi connectivity index (χ4v) is 7.74. The van der Waals surface area contributed by atoms with Crippen molar-refractivity contribution in [2.45, 2.75) is 46.6 Å². The number of rotatable bonds is 8. The highest BCUT2D eigenvalue weighted by molar-refractivity contribution is 6.35. The smallest absolute Gasteiger partial charge is 0.335 e. The van der Waals surface area contributed by atoms with Gasteiger partial charge in [0.2, 0.25) is 0 Å². The lowest BCUT2D eigenvalue weighted by atomic mass is 9.98. The summed E-state index contributed by atoms with van der Waals surface area (Å²) < 4.78 is 12.1. The van der Waals surface area contributed by atoms with E-state index in [4.69, 9.17) is 33.0 Å². The van der Waals surface area contributed by atoms with Gasteiger partial charge < -0.3 is 23.9 Å². The van der Waals surface area contributed by atoms with Crippen LogP contribution in [0.2, 0.25) is 10.0 Å². The van der Waals surface area contributed by atoms with Gasteiger partial charge in [-0.3, -0.25) is 9.48 Å². The molecule has 0 bridgehead atoms. The minimum atomic E-state index is -1.01. The SMILES string of the molecule is Cc1cc(OCCCc2c3n(c4c(-c5c(C)nn(C)c5C)c(Cl)ccc24)[C@H](C)CN(c2cn(C)c4ccc(C(=O)O)cc24)C3=O)ccc1Cl. The maximum absolute atomic E-state index is 14.9. The molecule has 3 aromatic heterocycles. The second kappa shape index (κ2) is 12.3. The summed E-state index contributed by atoms with van der Waals surface area (Å²) in [5, 5.41) is 17.4. The quantitative estimate of drug-likeness (QED) is 0.161. The molecule has 1 atom stereocenters. The summed E-state index contributed by atoms with van der Waals surface area (Å²) in [4.78, 5) is 28.6. The monoisotopic (exact) mass is 697 g/mol. The third-order valence-electron chi connectivity index (χ3n) is 9.79. The van der Waals surface area contributed by atoms with E-state index >= 15 is 0 Å². The second-order valence-corrected chi connectivity index (χ2v) is 13.8. The van der Waals surface area contributed by atoms with Crippen molar-refractivity contribution in [3.05, 3.63) is 98.5 Å². The fourth-order valence-electron chi connectivity index (χ4n) is 7.37. The van der Waals surface area contributed by atoms with Crippen LogP contribution < -0.4 is 9.64 Å². The van der Waals surface area contributed by atoms with Crippen LogP contribution in [0.15, 0.2) is 54.7 Å². The average Bonchev–Trinajstić information content (AvgIpc) is 3.66. The predicted molar refractivity (Wildman–Crippen MR) is 195 cm³/mol. The number of halogens is 2. The molecule has 7 rings (SSSR count). The molecule has 0 aliphatic carbocycles. The van der Waals surface area contributed by atoms with Crippen molar-refractivity contribution < 1.29 is 19.4 Å². The molecule has 4 heterocycles. The topological polar surface area (TPSA) is 94.5 Å². The number of hydrogen-bond acceptors (Lipinski definition) is 4. The van der Waals surface area contributed by atoms with Crippen molar-refractivity contribution >= 4 is 62.6 Å². The van der Waals surface area contributed by atoms with Crippen molar-refractivity contribution in [1.29, 1.82) is 0 Å². The summed E-state index contributed by atoms with van der Waals surface area (Å²) >= 11 is 13.3. The molecule has 1 aliphatic heterocycles. The molecule has 0 saturated heterocycles. The lowest BCUT2D eigenvalue weighted by Crippen LogP contribution is -2.42. The summed E-state index contributed by atoms with van der Waals surface area (Å²) in [5.41, 5.74) is 8.76. The Balaban J connectivity index is 1.38. The zero-order valence-corrected chi connectivity index (χ0v) is 29.8. The molecular formula is C38H37Cl2N5O4. The predicted octanol–water partition coefficient (Wildman–Crippen LogP) is 8.70. The van der Waals surface area contributed by atoms with Crippen LogP contribution in [-0.2, 0) is 20.5 Å². The molecule has 0 unspecified atom stereocenters. The van der Waals surface area contributed by atoms with Gasteiger partial charge in [0.15, 0.2) is 0 Å². The van der Waals surface area contributed by atoms with E-state index in [1.807, 2.05) is 80.6 Å². The third kappa shape index (κ3) is 5.36. The number of carbonyl (C=O) groups excluding carboxylic acids is 1. The Labute approximate surface area is 294 Å². The first-order valence-electron chi connectivity index (χ1n) is 16.3. The molecule has 1 aliphatic rings. The Morgan fingerprint density at radius 2 is 1.76 bits per heavy atom. The summed E-state index contributed by atoms with van der Waals surface area (Å²) in [7, 11) is 3.83. The lowest BCUT2D eigenvalue weighted by Gasteiger charge is -2.34. The minimum Gasteiger partial charge on any atom is -0.494 e. The minimum absolute atomic E-state index is 0.135. The Hall–Kier alpha value is -4.73. The van der Waals surface area contributed by atoms with E-state index in [-0.39, 0.29) is 17.5 Å². The molecule has 1 amide bonds. The molecule has 0 spiro atoms. The second-order valence-electron chi connectivity index (χ2n) is 13.0. The van der Waals surface area contributed by atoms with E-state index in [1.165, 1.54) is 0 Å². The number of aryl methyl sites for hydroxylation is 5. The van der Waals surface area contributed by atoms with Gasteiger partial charge in [0.1, 0.15) is 11.4 Å². The van der Waals surface area contributed by atoms with Gasteiger partial charge in [0, 0.05) is 71.0 Å². The van der Waals surface area contributed by atoms with Gasteiger partial charge in [-0.2, -0.15) is 5.10 Å². The van der Waals surface area contributed by atoms with Gasteiger partial charge in [-0.25, -0.2) is 4.79 Å². The van der Waals surface area contributed by atoms with Crippen molar-refractivity contribution in [1.82, 2.24) is 18.9 Å². The largest absolute Gasteiger partial charge is 0.494 e. The molecule has 9 nitrogen and oxygen atoms in total. The summed E-state index contributed by atoms with van der Waals surface area (Å²) in [6, 6.07) is 14.5. The van der Waals surface area contributed by atoms with E-state index in [0.29, 0.717) is 52.8 Å². The van der Waals surface area contributed by atoms with E-state index in [9.17, 15) is 14.7 Å². The van der Waals surface area contributed by atoms with Crippen LogP contribution in [0.25, 0.3) is 32.9 Å². The van der Waals surface area contributed by atoms with Crippen molar-refractivity contribution in [2.75, 3.05) is 18.1 Å². The molecule has 0 saturated carbocycles. The lowest BCUT2D eigenvalue weighted by molar-refractivity contribution is 0.0696. The number of ether oxygens (including phenoxy) is 1. The van der Waals surface area contributed by atoms with E-state index in [2.05, 4.69) is 11.5 Å². The molecule has 252 valence electrons. The summed E-state index contributed by atoms with van der Waals surface area (Å²) in [6.07, 6.45) is 3.16. The Morgan fingerprint density at radius 1 is 1.00 bits per heavy atom. The fraction of sp³-hybridized carbons (Fsp3) is 0.289. The maximum atomic E-state index is 14.9. The number of carboxylic acid groups (broad SMARTS) is 1. The number of fused-ring (bicyclic) bond motifs is 4. The molecule has 1 N–H and O–H groups in total. The van der Waals surface area contributed by atoms with E-state index in [1.54, 1.807) is 23.1 Å². The first-order valence-corrected chi connectivity index (χ1v) is 17.0. The zero-order valence-electron chi connectivity index (χ0n) is 28.3. The normalized spacial score (nSPS) is 14.7. The van der Waals surface area contributed by atoms with Gasteiger partial charge in [0.05, 0.1) is 34.1 Å². The highest BCUT2D eigenvalue weighted by Gasteiger charge is 2.37. The highest BCUT2D eigenvalue weighted by Crippen LogP contribution is 2.45. The number of nitrogens with zero attached hydrogens (tertiary/aromatic N) is 5. The number of aromatic nitrogens is 4. The molecular weight excluding hydrogens is 661 g/mol. The first kappa shape index (κ1) is 32.8. The molecule has 0 fully saturated rings. The van der Waals surface area contributed by atoms with Crippen LogP contribution in [0.3, 0.4) is 0 Å². The number of amides is 1. The van der Waals surface area contributed by atoms with Crippen LogP contribution in [0.5, 0.6) is 5.75 Å². The number of carbonyl (C=O) groups is 2. The standard InChI is InChI=1S/C38H37Cl2N5O4/c1-20-16-25(10-12-29(20)39)49-15-7-8-26-27-11-13-30(40)34(33-22(3)41-43(6)23(33)4)35(27)45-21(2)18-44(37(46)36(26)45)32-19-42(5)31-14-9-24(38(47)48)17-28(31)32/h9-14,16-17,19,21H,7-8,15,18H2,1-6H3,(H,47,48)/t21-/m1/s1. The molecule has 11 heteroatoms. The summed E-state index contributed by atoms with van der Waals surface area (Å²) in [5.74, 6) is -0.415. The zero-order chi connectivity index (χ0) is 34.9. The van der Waals surface area contributed by atoms with Crippen LogP contribution in [0.1, 0.15) is 62.7 Å². The molecule has 6 aromatic rings. The Kier molecular flexibility index (Phi) is 8.24. The van der Waals surface area contributed by atoms with Gasteiger partial charge in [-0.15, -0.1) is 0 Å². The number of hydrogen-bond donors (Lipinski definition) is 1. The maximum Gasteiger partial charge on any atom is 0.335 e. The van der Waals surface area contributed by atoms with Crippen LogP contribution in [0, 0.1) is 20.8 Å². The van der Waals surface area contributed by atoms with Crippen LogP contribution >= 0.6 is 23.2 Å². The molecule has 49 heavy (non-hydrogen) atoms. The Morgan fingerprint density at radius 3 is 2.45 bits per heavy atom. The van der Waals surface area contributed by atoms with Crippen LogP contribution in [0.4, 0.5) is 5.69 Å². The highest BCUT2D eigenvalue weighted by atomic mass is 35.5.